The fourth-order valence-electron chi connectivity index (χ4n) is 2.26. The van der Waals surface area contributed by atoms with Gasteiger partial charge in [0.2, 0.25) is 11.8 Å². The van der Waals surface area contributed by atoms with Gasteiger partial charge in [-0.2, -0.15) is 0 Å². The second kappa shape index (κ2) is 7.71. The molecule has 0 radical (unpaired) electrons. The largest absolute Gasteiger partial charge is 0.337 e. The van der Waals surface area contributed by atoms with Crippen LogP contribution < -0.4 is 21.5 Å². The smallest absolute Gasteiger partial charge is 0.324 e. The van der Waals surface area contributed by atoms with E-state index < -0.39 is 17.2 Å². The van der Waals surface area contributed by atoms with Gasteiger partial charge in [-0.3, -0.25) is 15.0 Å². The zero-order valence-electron chi connectivity index (χ0n) is 13.1. The SMILES string of the molecule is O=C(C[C@H]1Sc2ccccc2NC1=O)NNC(=O)Nc1ccccc1. The molecule has 1 heterocycles. The van der Waals surface area contributed by atoms with Crippen molar-refractivity contribution < 1.29 is 14.4 Å². The number of carbonyl (C=O) groups excluding carboxylic acids is 3. The lowest BCUT2D eigenvalue weighted by Gasteiger charge is -2.23. The van der Waals surface area contributed by atoms with E-state index in [1.54, 1.807) is 24.3 Å². The Morgan fingerprint density at radius 3 is 2.52 bits per heavy atom. The maximum Gasteiger partial charge on any atom is 0.337 e. The Morgan fingerprint density at radius 2 is 1.72 bits per heavy atom. The first-order valence-electron chi connectivity index (χ1n) is 7.59. The molecule has 2 aromatic rings. The lowest BCUT2D eigenvalue weighted by Crippen LogP contribution is -2.45. The summed E-state index contributed by atoms with van der Waals surface area (Å²) < 4.78 is 0. The summed E-state index contributed by atoms with van der Waals surface area (Å²) in [5.41, 5.74) is 5.91. The van der Waals surface area contributed by atoms with E-state index in [9.17, 15) is 14.4 Å². The van der Waals surface area contributed by atoms with Crippen molar-refractivity contribution in [3.05, 3.63) is 54.6 Å². The van der Waals surface area contributed by atoms with Crippen molar-refractivity contribution >= 4 is 41.0 Å². The van der Waals surface area contributed by atoms with Crippen LogP contribution >= 0.6 is 11.8 Å². The van der Waals surface area contributed by atoms with Crippen molar-refractivity contribution in [1.29, 1.82) is 0 Å². The molecule has 0 unspecified atom stereocenters. The summed E-state index contributed by atoms with van der Waals surface area (Å²) in [6, 6.07) is 15.7. The Balaban J connectivity index is 1.48. The van der Waals surface area contributed by atoms with Crippen LogP contribution in [0.15, 0.2) is 59.5 Å². The Morgan fingerprint density at radius 1 is 1.00 bits per heavy atom. The second-order valence-electron chi connectivity index (χ2n) is 5.29. The van der Waals surface area contributed by atoms with Crippen LogP contribution in [0.2, 0.25) is 0 Å². The van der Waals surface area contributed by atoms with Gasteiger partial charge < -0.3 is 10.6 Å². The second-order valence-corrected chi connectivity index (χ2v) is 6.53. The molecule has 0 saturated carbocycles. The monoisotopic (exact) mass is 356 g/mol. The molecule has 4 amide bonds. The predicted octanol–water partition coefficient (Wildman–Crippen LogP) is 2.34. The minimum absolute atomic E-state index is 0.0452. The number of benzene rings is 2. The van der Waals surface area contributed by atoms with Crippen LogP contribution in [-0.4, -0.2) is 23.1 Å². The third-order valence-electron chi connectivity index (χ3n) is 3.42. The van der Waals surface area contributed by atoms with E-state index in [1.807, 2.05) is 30.3 Å². The van der Waals surface area contributed by atoms with Gasteiger partial charge in [0.15, 0.2) is 0 Å². The summed E-state index contributed by atoms with van der Waals surface area (Å²) in [6.45, 7) is 0. The number of hydrogen-bond acceptors (Lipinski definition) is 4. The topological polar surface area (TPSA) is 99.3 Å². The molecule has 0 aromatic heterocycles. The lowest BCUT2D eigenvalue weighted by atomic mass is 10.2. The molecule has 0 saturated heterocycles. The Kier molecular flexibility index (Phi) is 5.20. The van der Waals surface area contributed by atoms with E-state index >= 15 is 0 Å². The van der Waals surface area contributed by atoms with Crippen molar-refractivity contribution in [2.24, 2.45) is 0 Å². The number of para-hydroxylation sites is 2. The average Bonchev–Trinajstić information content (AvgIpc) is 2.61. The Hall–Kier alpha value is -3.00. The highest BCUT2D eigenvalue weighted by Crippen LogP contribution is 2.36. The predicted molar refractivity (Wildman–Crippen MR) is 96.1 cm³/mol. The van der Waals surface area contributed by atoms with E-state index in [0.29, 0.717) is 5.69 Å². The van der Waals surface area contributed by atoms with Crippen molar-refractivity contribution in [2.75, 3.05) is 10.6 Å². The van der Waals surface area contributed by atoms with Crippen LogP contribution in [0.25, 0.3) is 0 Å². The number of fused-ring (bicyclic) bond motifs is 1. The maximum absolute atomic E-state index is 12.1. The van der Waals surface area contributed by atoms with Gasteiger partial charge >= 0.3 is 6.03 Å². The summed E-state index contributed by atoms with van der Waals surface area (Å²) in [7, 11) is 0. The molecule has 1 atom stereocenters. The molecule has 2 aromatic carbocycles. The van der Waals surface area contributed by atoms with Gasteiger partial charge in [-0.25, -0.2) is 10.2 Å². The Bertz CT molecular complexity index is 797. The first kappa shape index (κ1) is 16.8. The van der Waals surface area contributed by atoms with Crippen LogP contribution in [-0.2, 0) is 9.59 Å². The summed E-state index contributed by atoms with van der Waals surface area (Å²) in [5.74, 6) is -0.678. The number of hydrogen-bond donors (Lipinski definition) is 4. The van der Waals surface area contributed by atoms with Crippen molar-refractivity contribution in [2.45, 2.75) is 16.6 Å². The minimum atomic E-state index is -0.564. The molecule has 4 N–H and O–H groups in total. The third-order valence-corrected chi connectivity index (χ3v) is 4.70. The van der Waals surface area contributed by atoms with Crippen LogP contribution in [0.5, 0.6) is 0 Å². The van der Waals surface area contributed by atoms with Crippen molar-refractivity contribution in [3.63, 3.8) is 0 Å². The highest BCUT2D eigenvalue weighted by atomic mass is 32.2. The molecule has 1 aliphatic heterocycles. The Labute approximate surface area is 148 Å². The summed E-state index contributed by atoms with van der Waals surface area (Å²) >= 11 is 1.33. The zero-order valence-corrected chi connectivity index (χ0v) is 13.9. The quantitative estimate of drug-likeness (QED) is 0.634. The van der Waals surface area contributed by atoms with Gasteiger partial charge in [0.25, 0.3) is 0 Å². The third kappa shape index (κ3) is 4.51. The molecular formula is C17H16N4O3S. The summed E-state index contributed by atoms with van der Waals surface area (Å²) in [4.78, 5) is 36.7. The molecule has 8 heteroatoms. The molecule has 0 spiro atoms. The van der Waals surface area contributed by atoms with E-state index in [4.69, 9.17) is 0 Å². The molecule has 0 fully saturated rings. The van der Waals surface area contributed by atoms with Crippen LogP contribution in [0.4, 0.5) is 16.2 Å². The molecule has 0 bridgehead atoms. The standard InChI is InChI=1S/C17H16N4O3S/c22-15(20-21-17(24)18-11-6-2-1-3-7-11)10-14-16(23)19-12-8-4-5-9-13(12)25-14/h1-9,14H,10H2,(H,19,23)(H,20,22)(H2,18,21,24)/t14-/m1/s1. The highest BCUT2D eigenvalue weighted by molar-refractivity contribution is 8.01. The minimum Gasteiger partial charge on any atom is -0.324 e. The number of rotatable bonds is 3. The van der Waals surface area contributed by atoms with Crippen LogP contribution in [0.1, 0.15) is 6.42 Å². The number of thioether (sulfide) groups is 1. The summed E-state index contributed by atoms with van der Waals surface area (Å²) in [5, 5.41) is 4.80. The highest BCUT2D eigenvalue weighted by Gasteiger charge is 2.28. The number of carbonyl (C=O) groups is 3. The number of urea groups is 1. The van der Waals surface area contributed by atoms with Gasteiger partial charge in [0.1, 0.15) is 0 Å². The summed E-state index contributed by atoms with van der Waals surface area (Å²) in [6.07, 6.45) is -0.0452. The van der Waals surface area contributed by atoms with Gasteiger partial charge in [-0.15, -0.1) is 11.8 Å². The van der Waals surface area contributed by atoms with Gasteiger partial charge in [0, 0.05) is 17.0 Å². The normalized spacial score (nSPS) is 15.5. The van der Waals surface area contributed by atoms with E-state index in [-0.39, 0.29) is 12.3 Å². The van der Waals surface area contributed by atoms with E-state index in [2.05, 4.69) is 21.5 Å². The lowest BCUT2D eigenvalue weighted by molar-refractivity contribution is -0.124. The van der Waals surface area contributed by atoms with Crippen molar-refractivity contribution in [1.82, 2.24) is 10.9 Å². The molecular weight excluding hydrogens is 340 g/mol. The fourth-order valence-corrected chi connectivity index (χ4v) is 3.37. The fraction of sp³-hybridized carbons (Fsp3) is 0.118. The van der Waals surface area contributed by atoms with Gasteiger partial charge in [-0.05, 0) is 24.3 Å². The maximum atomic E-state index is 12.1. The van der Waals surface area contributed by atoms with E-state index in [0.717, 1.165) is 10.6 Å². The van der Waals surface area contributed by atoms with Crippen molar-refractivity contribution in [3.8, 4) is 0 Å². The molecule has 25 heavy (non-hydrogen) atoms. The first-order valence-corrected chi connectivity index (χ1v) is 8.47. The number of anilines is 2. The molecule has 7 nitrogen and oxygen atoms in total. The molecule has 3 rings (SSSR count). The van der Waals surface area contributed by atoms with Gasteiger partial charge in [0.05, 0.1) is 10.9 Å². The van der Waals surface area contributed by atoms with Gasteiger partial charge in [-0.1, -0.05) is 30.3 Å². The molecule has 128 valence electrons. The molecule has 0 aliphatic carbocycles. The first-order chi connectivity index (χ1) is 12.1. The van der Waals surface area contributed by atoms with Crippen LogP contribution in [0, 0.1) is 0 Å². The molecule has 1 aliphatic rings. The number of hydrazine groups is 1. The number of nitrogens with one attached hydrogen (secondary N) is 4. The average molecular weight is 356 g/mol. The zero-order chi connectivity index (χ0) is 17.6. The van der Waals surface area contributed by atoms with Crippen LogP contribution in [0.3, 0.4) is 0 Å². The number of amides is 4. The van der Waals surface area contributed by atoms with E-state index in [1.165, 1.54) is 11.8 Å².